The summed E-state index contributed by atoms with van der Waals surface area (Å²) in [4.78, 5) is 11.3. The number of esters is 1. The van der Waals surface area contributed by atoms with Crippen molar-refractivity contribution in [1.82, 2.24) is 9.78 Å². The van der Waals surface area contributed by atoms with Gasteiger partial charge < -0.3 is 19.2 Å². The second-order valence-corrected chi connectivity index (χ2v) is 4.13. The van der Waals surface area contributed by atoms with Gasteiger partial charge in [0, 0.05) is 13.3 Å². The van der Waals surface area contributed by atoms with Crippen molar-refractivity contribution in [2.75, 3.05) is 26.1 Å². The summed E-state index contributed by atoms with van der Waals surface area (Å²) in [6, 6.07) is 1.65. The quantitative estimate of drug-likeness (QED) is 0.774. The molecular weight excluding hydrogens is 262 g/mol. The minimum absolute atomic E-state index is 0.403. The summed E-state index contributed by atoms with van der Waals surface area (Å²) in [6.45, 7) is 1.78. The van der Waals surface area contributed by atoms with Crippen molar-refractivity contribution in [2.45, 2.75) is 13.1 Å². The zero-order valence-electron chi connectivity index (χ0n) is 11.5. The lowest BCUT2D eigenvalue weighted by Gasteiger charge is -2.00. The predicted octanol–water partition coefficient (Wildman–Crippen LogP) is 1.52. The van der Waals surface area contributed by atoms with E-state index in [1.807, 2.05) is 6.20 Å². The van der Waals surface area contributed by atoms with Gasteiger partial charge in [-0.3, -0.25) is 4.68 Å². The third-order valence-electron chi connectivity index (χ3n) is 2.70. The summed E-state index contributed by atoms with van der Waals surface area (Å²) in [5, 5.41) is 7.34. The molecule has 0 radical (unpaired) electrons. The Kier molecular flexibility index (Phi) is 4.78. The van der Waals surface area contributed by atoms with Crippen molar-refractivity contribution in [2.24, 2.45) is 0 Å². The molecule has 0 aliphatic heterocycles. The molecule has 7 nitrogen and oxygen atoms in total. The number of ether oxygens (including phenoxy) is 2. The van der Waals surface area contributed by atoms with Crippen LogP contribution in [0.25, 0.3) is 0 Å². The van der Waals surface area contributed by atoms with Gasteiger partial charge in [-0.05, 0) is 6.07 Å². The third-order valence-corrected chi connectivity index (χ3v) is 2.70. The number of carbonyl (C=O) groups is 1. The van der Waals surface area contributed by atoms with Crippen molar-refractivity contribution >= 4 is 11.7 Å². The standard InChI is InChI=1S/C13H17N3O4/c1-18-4-3-16-8-11(6-15-16)14-7-12-5-10(9-20-12)13(17)19-2/h5-6,8-9,14H,3-4,7H2,1-2H3. The Labute approximate surface area is 116 Å². The second-order valence-electron chi connectivity index (χ2n) is 4.13. The number of methoxy groups -OCH3 is 2. The third kappa shape index (κ3) is 3.61. The number of hydrogen-bond acceptors (Lipinski definition) is 6. The minimum atomic E-state index is -0.410. The summed E-state index contributed by atoms with van der Waals surface area (Å²) in [7, 11) is 2.99. The molecule has 0 aromatic carbocycles. The average Bonchev–Trinajstić information content (AvgIpc) is 3.11. The summed E-state index contributed by atoms with van der Waals surface area (Å²) in [5.74, 6) is 0.238. The van der Waals surface area contributed by atoms with Gasteiger partial charge in [0.15, 0.2) is 0 Å². The van der Waals surface area contributed by atoms with E-state index >= 15 is 0 Å². The van der Waals surface area contributed by atoms with E-state index in [2.05, 4.69) is 15.2 Å². The molecule has 7 heteroatoms. The maximum absolute atomic E-state index is 11.3. The molecule has 108 valence electrons. The fraction of sp³-hybridized carbons (Fsp3) is 0.385. The number of aromatic nitrogens is 2. The van der Waals surface area contributed by atoms with Crippen LogP contribution in [-0.2, 0) is 22.6 Å². The SMILES string of the molecule is COCCn1cc(NCc2cc(C(=O)OC)co2)cn1. The van der Waals surface area contributed by atoms with Crippen LogP contribution in [0, 0.1) is 0 Å². The predicted molar refractivity (Wildman–Crippen MR) is 71.5 cm³/mol. The first-order valence-electron chi connectivity index (χ1n) is 6.14. The van der Waals surface area contributed by atoms with Crippen LogP contribution in [0.1, 0.15) is 16.1 Å². The highest BCUT2D eigenvalue weighted by molar-refractivity contribution is 5.88. The highest BCUT2D eigenvalue weighted by atomic mass is 16.5. The van der Waals surface area contributed by atoms with Crippen LogP contribution in [0.2, 0.25) is 0 Å². The number of nitrogens with one attached hydrogen (secondary N) is 1. The van der Waals surface area contributed by atoms with Gasteiger partial charge in [-0.1, -0.05) is 0 Å². The molecule has 1 N–H and O–H groups in total. The van der Waals surface area contributed by atoms with Crippen LogP contribution in [0.15, 0.2) is 29.1 Å². The molecular formula is C13H17N3O4. The van der Waals surface area contributed by atoms with Crippen molar-refractivity contribution in [3.63, 3.8) is 0 Å². The molecule has 0 bridgehead atoms. The number of furan rings is 1. The van der Waals surface area contributed by atoms with Crippen molar-refractivity contribution in [1.29, 1.82) is 0 Å². The molecule has 0 fully saturated rings. The molecule has 2 aromatic rings. The topological polar surface area (TPSA) is 78.5 Å². The van der Waals surface area contributed by atoms with Crippen molar-refractivity contribution < 1.29 is 18.7 Å². The highest BCUT2D eigenvalue weighted by Gasteiger charge is 2.10. The smallest absolute Gasteiger partial charge is 0.341 e. The van der Waals surface area contributed by atoms with E-state index in [0.29, 0.717) is 31.0 Å². The molecule has 0 aliphatic rings. The molecule has 2 aromatic heterocycles. The van der Waals surface area contributed by atoms with Gasteiger partial charge >= 0.3 is 5.97 Å². The van der Waals surface area contributed by atoms with E-state index in [1.54, 1.807) is 24.1 Å². The van der Waals surface area contributed by atoms with Crippen LogP contribution in [-0.4, -0.2) is 36.6 Å². The van der Waals surface area contributed by atoms with Gasteiger partial charge in [-0.2, -0.15) is 5.10 Å². The molecule has 20 heavy (non-hydrogen) atoms. The summed E-state index contributed by atoms with van der Waals surface area (Å²) in [6.07, 6.45) is 4.98. The monoisotopic (exact) mass is 279 g/mol. The molecule has 0 spiro atoms. The Morgan fingerprint density at radius 2 is 2.35 bits per heavy atom. The lowest BCUT2D eigenvalue weighted by Crippen LogP contribution is -2.04. The normalized spacial score (nSPS) is 10.5. The van der Waals surface area contributed by atoms with E-state index in [1.165, 1.54) is 13.4 Å². The molecule has 0 saturated heterocycles. The Hall–Kier alpha value is -2.28. The lowest BCUT2D eigenvalue weighted by molar-refractivity contribution is 0.0600. The van der Waals surface area contributed by atoms with Crippen LogP contribution >= 0.6 is 0 Å². The van der Waals surface area contributed by atoms with E-state index < -0.39 is 5.97 Å². The van der Waals surface area contributed by atoms with Gasteiger partial charge in [0.2, 0.25) is 0 Å². The molecule has 0 unspecified atom stereocenters. The second kappa shape index (κ2) is 6.76. The molecule has 0 saturated carbocycles. The van der Waals surface area contributed by atoms with Gasteiger partial charge in [-0.25, -0.2) is 4.79 Å². The van der Waals surface area contributed by atoms with E-state index in [-0.39, 0.29) is 0 Å². The van der Waals surface area contributed by atoms with Gasteiger partial charge in [-0.15, -0.1) is 0 Å². The van der Waals surface area contributed by atoms with Gasteiger partial charge in [0.1, 0.15) is 12.0 Å². The largest absolute Gasteiger partial charge is 0.467 e. The highest BCUT2D eigenvalue weighted by Crippen LogP contribution is 2.12. The number of anilines is 1. The number of carbonyl (C=O) groups excluding carboxylic acids is 1. The average molecular weight is 279 g/mol. The fourth-order valence-corrected chi connectivity index (χ4v) is 1.65. The fourth-order valence-electron chi connectivity index (χ4n) is 1.65. The summed E-state index contributed by atoms with van der Waals surface area (Å²) < 4.78 is 16.6. The maximum atomic E-state index is 11.3. The lowest BCUT2D eigenvalue weighted by atomic mass is 10.3. The minimum Gasteiger partial charge on any atom is -0.467 e. The summed E-state index contributed by atoms with van der Waals surface area (Å²) in [5.41, 5.74) is 1.28. The first-order chi connectivity index (χ1) is 9.72. The zero-order chi connectivity index (χ0) is 14.4. The first kappa shape index (κ1) is 14.1. The van der Waals surface area contributed by atoms with Crippen LogP contribution in [0.5, 0.6) is 0 Å². The Bertz CT molecular complexity index is 561. The molecule has 2 rings (SSSR count). The summed E-state index contributed by atoms with van der Waals surface area (Å²) >= 11 is 0. The van der Waals surface area contributed by atoms with E-state index in [9.17, 15) is 4.79 Å². The number of rotatable bonds is 7. The van der Waals surface area contributed by atoms with Crippen LogP contribution < -0.4 is 5.32 Å². The van der Waals surface area contributed by atoms with Gasteiger partial charge in [0.25, 0.3) is 0 Å². The van der Waals surface area contributed by atoms with Crippen LogP contribution in [0.3, 0.4) is 0 Å². The van der Waals surface area contributed by atoms with Crippen LogP contribution in [0.4, 0.5) is 5.69 Å². The molecule has 0 atom stereocenters. The number of hydrogen-bond donors (Lipinski definition) is 1. The zero-order valence-corrected chi connectivity index (χ0v) is 11.5. The van der Waals surface area contributed by atoms with E-state index in [4.69, 9.17) is 9.15 Å². The molecule has 2 heterocycles. The Morgan fingerprint density at radius 1 is 1.50 bits per heavy atom. The van der Waals surface area contributed by atoms with Crippen molar-refractivity contribution in [3.8, 4) is 0 Å². The molecule has 0 aliphatic carbocycles. The Morgan fingerprint density at radius 3 is 3.10 bits per heavy atom. The van der Waals surface area contributed by atoms with Gasteiger partial charge in [0.05, 0.1) is 44.3 Å². The van der Waals surface area contributed by atoms with Crippen molar-refractivity contribution in [3.05, 3.63) is 36.0 Å². The molecule has 0 amide bonds. The first-order valence-corrected chi connectivity index (χ1v) is 6.14. The Balaban J connectivity index is 1.87. The maximum Gasteiger partial charge on any atom is 0.341 e. The van der Waals surface area contributed by atoms with E-state index in [0.717, 1.165) is 5.69 Å². The number of nitrogens with zero attached hydrogens (tertiary/aromatic N) is 2.